The van der Waals surface area contributed by atoms with Gasteiger partial charge in [-0.3, -0.25) is 15.6 Å². The fourth-order valence-electron chi connectivity index (χ4n) is 1.72. The summed E-state index contributed by atoms with van der Waals surface area (Å²) < 4.78 is 22.7. The maximum Gasteiger partial charge on any atom is 0.269 e. The number of carbonyl (C=O) groups is 1. The highest BCUT2D eigenvalue weighted by Gasteiger charge is 2.10. The molecule has 0 aliphatic carbocycles. The summed E-state index contributed by atoms with van der Waals surface area (Å²) in [5.41, 5.74) is 6.11. The van der Waals surface area contributed by atoms with Crippen molar-refractivity contribution in [3.8, 4) is 0 Å². The lowest BCUT2D eigenvalue weighted by Gasteiger charge is -2.11. The number of hydrazine groups is 1. The number of carbonyl (C=O) groups excluding carboxylic acids is 1. The van der Waals surface area contributed by atoms with Crippen LogP contribution in [-0.2, 0) is 9.84 Å². The largest absolute Gasteiger partial charge is 0.331 e. The van der Waals surface area contributed by atoms with Crippen LogP contribution in [0.25, 0.3) is 0 Å². The second kappa shape index (κ2) is 7.21. The lowest BCUT2D eigenvalue weighted by atomic mass is 10.2. The molecular formula is C15H15N3O3S2. The van der Waals surface area contributed by atoms with E-state index in [0.717, 1.165) is 11.9 Å². The highest BCUT2D eigenvalue weighted by Crippen LogP contribution is 2.10. The molecule has 6 nitrogen and oxygen atoms in total. The summed E-state index contributed by atoms with van der Waals surface area (Å²) in [5, 5.41) is 3.14. The molecule has 0 saturated heterocycles. The maximum absolute atomic E-state index is 12.0. The van der Waals surface area contributed by atoms with Crippen molar-refractivity contribution < 1.29 is 13.2 Å². The van der Waals surface area contributed by atoms with Gasteiger partial charge in [-0.25, -0.2) is 8.42 Å². The molecule has 23 heavy (non-hydrogen) atoms. The first-order chi connectivity index (χ1) is 10.9. The number of hydrogen-bond acceptors (Lipinski definition) is 4. The van der Waals surface area contributed by atoms with Crippen molar-refractivity contribution in [2.24, 2.45) is 0 Å². The van der Waals surface area contributed by atoms with E-state index in [1.54, 1.807) is 0 Å². The number of benzene rings is 2. The Morgan fingerprint density at radius 2 is 1.57 bits per heavy atom. The molecule has 0 heterocycles. The van der Waals surface area contributed by atoms with Crippen LogP contribution in [0, 0.1) is 0 Å². The number of anilines is 1. The van der Waals surface area contributed by atoms with Crippen molar-refractivity contribution in [3.63, 3.8) is 0 Å². The first-order valence-electron chi connectivity index (χ1n) is 6.59. The van der Waals surface area contributed by atoms with Crippen LogP contribution in [0.4, 0.5) is 5.69 Å². The summed E-state index contributed by atoms with van der Waals surface area (Å²) in [7, 11) is -3.28. The number of sulfone groups is 1. The molecule has 0 atom stereocenters. The molecular weight excluding hydrogens is 334 g/mol. The van der Waals surface area contributed by atoms with E-state index in [0.29, 0.717) is 5.56 Å². The fraction of sp³-hybridized carbons (Fsp3) is 0.0667. The van der Waals surface area contributed by atoms with Gasteiger partial charge in [0, 0.05) is 17.5 Å². The first kappa shape index (κ1) is 16.9. The van der Waals surface area contributed by atoms with Crippen molar-refractivity contribution in [2.45, 2.75) is 4.90 Å². The van der Waals surface area contributed by atoms with Crippen LogP contribution < -0.4 is 16.2 Å². The van der Waals surface area contributed by atoms with Gasteiger partial charge in [-0.1, -0.05) is 18.2 Å². The number of rotatable bonds is 3. The van der Waals surface area contributed by atoms with Crippen molar-refractivity contribution in [1.82, 2.24) is 10.9 Å². The number of amides is 1. The zero-order chi connectivity index (χ0) is 16.9. The van der Waals surface area contributed by atoms with Gasteiger partial charge in [0.25, 0.3) is 5.91 Å². The Kier molecular flexibility index (Phi) is 5.30. The zero-order valence-corrected chi connectivity index (χ0v) is 13.9. The molecule has 8 heteroatoms. The van der Waals surface area contributed by atoms with Crippen LogP contribution in [-0.4, -0.2) is 25.7 Å². The molecule has 120 valence electrons. The Hall–Kier alpha value is -2.45. The van der Waals surface area contributed by atoms with E-state index in [1.165, 1.54) is 24.3 Å². The summed E-state index contributed by atoms with van der Waals surface area (Å²) >= 11 is 5.06. The molecule has 0 saturated carbocycles. The molecule has 1 amide bonds. The molecule has 0 aromatic heterocycles. The van der Waals surface area contributed by atoms with Crippen LogP contribution in [0.2, 0.25) is 0 Å². The quantitative estimate of drug-likeness (QED) is 0.578. The minimum atomic E-state index is -3.28. The van der Waals surface area contributed by atoms with Crippen molar-refractivity contribution >= 4 is 38.8 Å². The Morgan fingerprint density at radius 3 is 2.13 bits per heavy atom. The lowest BCUT2D eigenvalue weighted by Crippen LogP contribution is -2.43. The van der Waals surface area contributed by atoms with Crippen molar-refractivity contribution in [3.05, 3.63) is 60.2 Å². The van der Waals surface area contributed by atoms with E-state index in [-0.39, 0.29) is 10.0 Å². The summed E-state index contributed by atoms with van der Waals surface area (Å²) in [5.74, 6) is -0.428. The number of para-hydroxylation sites is 1. The van der Waals surface area contributed by atoms with Crippen LogP contribution in [0.15, 0.2) is 59.5 Å². The van der Waals surface area contributed by atoms with Gasteiger partial charge in [-0.2, -0.15) is 0 Å². The predicted molar refractivity (Wildman–Crippen MR) is 92.8 cm³/mol. The smallest absolute Gasteiger partial charge is 0.269 e. The third kappa shape index (κ3) is 5.04. The van der Waals surface area contributed by atoms with E-state index >= 15 is 0 Å². The molecule has 0 bridgehead atoms. The predicted octanol–water partition coefficient (Wildman–Crippen LogP) is 1.72. The van der Waals surface area contributed by atoms with E-state index in [4.69, 9.17) is 12.2 Å². The zero-order valence-electron chi connectivity index (χ0n) is 12.2. The van der Waals surface area contributed by atoms with Gasteiger partial charge in [0.15, 0.2) is 14.9 Å². The van der Waals surface area contributed by atoms with Gasteiger partial charge in [-0.05, 0) is 48.6 Å². The third-order valence-corrected chi connectivity index (χ3v) is 4.20. The Morgan fingerprint density at radius 1 is 0.957 bits per heavy atom. The molecule has 2 aromatic rings. The molecule has 0 spiro atoms. The standard InChI is InChI=1S/C15H15N3O3S2/c1-23(20,21)13-9-7-11(8-10-13)14(19)17-18-15(22)16-12-5-3-2-4-6-12/h2-10H,1H3,(H,17,19)(H2,16,18,22). The minimum Gasteiger partial charge on any atom is -0.331 e. The number of nitrogens with one attached hydrogen (secondary N) is 3. The van der Waals surface area contributed by atoms with Crippen molar-refractivity contribution in [2.75, 3.05) is 11.6 Å². The van der Waals surface area contributed by atoms with E-state index < -0.39 is 15.7 Å². The van der Waals surface area contributed by atoms with Crippen LogP contribution >= 0.6 is 12.2 Å². The summed E-state index contributed by atoms with van der Waals surface area (Å²) in [4.78, 5) is 12.1. The summed E-state index contributed by atoms with van der Waals surface area (Å²) in [6.45, 7) is 0. The van der Waals surface area contributed by atoms with Gasteiger partial charge in [-0.15, -0.1) is 0 Å². The van der Waals surface area contributed by atoms with Crippen LogP contribution in [0.5, 0.6) is 0 Å². The number of thiocarbonyl (C=S) groups is 1. The molecule has 0 radical (unpaired) electrons. The second-order valence-corrected chi connectivity index (χ2v) is 7.12. The van der Waals surface area contributed by atoms with Crippen molar-refractivity contribution in [1.29, 1.82) is 0 Å². The number of hydrogen-bond donors (Lipinski definition) is 3. The highest BCUT2D eigenvalue weighted by molar-refractivity contribution is 7.90. The summed E-state index contributed by atoms with van der Waals surface area (Å²) in [6.07, 6.45) is 1.11. The molecule has 0 unspecified atom stereocenters. The van der Waals surface area contributed by atoms with E-state index in [1.807, 2.05) is 30.3 Å². The monoisotopic (exact) mass is 349 g/mol. The maximum atomic E-state index is 12.0. The normalized spacial score (nSPS) is 10.7. The average Bonchev–Trinajstić information content (AvgIpc) is 2.53. The van der Waals surface area contributed by atoms with Crippen LogP contribution in [0.1, 0.15) is 10.4 Å². The minimum absolute atomic E-state index is 0.156. The van der Waals surface area contributed by atoms with E-state index in [9.17, 15) is 13.2 Å². The Balaban J connectivity index is 1.91. The average molecular weight is 349 g/mol. The third-order valence-electron chi connectivity index (χ3n) is 2.87. The SMILES string of the molecule is CS(=O)(=O)c1ccc(C(=O)NNC(=S)Nc2ccccc2)cc1. The van der Waals surface area contributed by atoms with Gasteiger partial charge in [0.05, 0.1) is 4.90 Å². The van der Waals surface area contributed by atoms with Gasteiger partial charge >= 0.3 is 0 Å². The lowest BCUT2D eigenvalue weighted by molar-refractivity contribution is 0.0944. The topological polar surface area (TPSA) is 87.3 Å². The Bertz CT molecular complexity index is 804. The molecule has 0 aliphatic heterocycles. The Labute approximate surface area is 139 Å². The first-order valence-corrected chi connectivity index (χ1v) is 8.89. The van der Waals surface area contributed by atoms with Gasteiger partial charge in [0.1, 0.15) is 0 Å². The molecule has 2 rings (SSSR count). The highest BCUT2D eigenvalue weighted by atomic mass is 32.2. The fourth-order valence-corrected chi connectivity index (χ4v) is 2.52. The van der Waals surface area contributed by atoms with Crippen LogP contribution in [0.3, 0.4) is 0 Å². The second-order valence-electron chi connectivity index (χ2n) is 4.70. The van der Waals surface area contributed by atoms with Gasteiger partial charge < -0.3 is 5.32 Å². The molecule has 0 fully saturated rings. The molecule has 3 N–H and O–H groups in total. The molecule has 0 aliphatic rings. The summed E-state index contributed by atoms with van der Waals surface area (Å²) in [6, 6.07) is 14.9. The van der Waals surface area contributed by atoms with E-state index in [2.05, 4.69) is 16.2 Å². The molecule has 2 aromatic carbocycles. The van der Waals surface area contributed by atoms with Gasteiger partial charge in [0.2, 0.25) is 0 Å².